The molecule has 5 atom stereocenters. The fourth-order valence-electron chi connectivity index (χ4n) is 4.10. The molecule has 0 amide bonds. The standard InChI is InChI=1S/C17H23NO3/c1-10-4-6-11(7-5-10)12-8-13-15(19)9-14(18(13)2)16(12)17(20)21-3/h4-7,12-16,19H,8-9H2,1-3H3/t12-,13+,14?,15-,16+/m1/s1. The first kappa shape index (κ1) is 14.5. The molecular formula is C17H23NO3. The van der Waals surface area contributed by atoms with Gasteiger partial charge in [-0.3, -0.25) is 9.69 Å². The maximum absolute atomic E-state index is 12.3. The molecule has 0 aliphatic carbocycles. The van der Waals surface area contributed by atoms with Crippen molar-refractivity contribution in [2.75, 3.05) is 14.2 Å². The van der Waals surface area contributed by atoms with Gasteiger partial charge in [0.2, 0.25) is 0 Å². The fourth-order valence-corrected chi connectivity index (χ4v) is 4.10. The molecule has 0 saturated carbocycles. The van der Waals surface area contributed by atoms with Gasteiger partial charge in [-0.25, -0.2) is 0 Å². The summed E-state index contributed by atoms with van der Waals surface area (Å²) in [6, 6.07) is 8.58. The summed E-state index contributed by atoms with van der Waals surface area (Å²) < 4.78 is 5.05. The van der Waals surface area contributed by atoms with Gasteiger partial charge in [-0.2, -0.15) is 0 Å². The minimum absolute atomic E-state index is 0.0671. The van der Waals surface area contributed by atoms with Crippen molar-refractivity contribution in [1.29, 1.82) is 0 Å². The van der Waals surface area contributed by atoms with E-state index in [-0.39, 0.29) is 36.0 Å². The monoisotopic (exact) mass is 289 g/mol. The number of aliphatic hydroxyl groups excluding tert-OH is 1. The van der Waals surface area contributed by atoms with Crippen molar-refractivity contribution in [3.8, 4) is 0 Å². The normalized spacial score (nSPS) is 35.7. The zero-order valence-electron chi connectivity index (χ0n) is 12.8. The second-order valence-electron chi connectivity index (χ2n) is 6.41. The van der Waals surface area contributed by atoms with Crippen LogP contribution in [0.2, 0.25) is 0 Å². The van der Waals surface area contributed by atoms with Crippen LogP contribution in [-0.2, 0) is 9.53 Å². The number of hydrogen-bond acceptors (Lipinski definition) is 4. The molecule has 2 saturated heterocycles. The quantitative estimate of drug-likeness (QED) is 0.842. The van der Waals surface area contributed by atoms with Crippen LogP contribution in [0.3, 0.4) is 0 Å². The highest BCUT2D eigenvalue weighted by Crippen LogP contribution is 2.46. The van der Waals surface area contributed by atoms with Crippen LogP contribution in [0.25, 0.3) is 0 Å². The number of ether oxygens (including phenoxy) is 1. The molecule has 2 bridgehead atoms. The summed E-state index contributed by atoms with van der Waals surface area (Å²) in [5.41, 5.74) is 2.39. The molecule has 4 nitrogen and oxygen atoms in total. The number of likely N-dealkylation sites (N-methyl/N-ethyl adjacent to an activating group) is 1. The van der Waals surface area contributed by atoms with E-state index in [1.54, 1.807) is 0 Å². The Kier molecular flexibility index (Phi) is 3.76. The predicted molar refractivity (Wildman–Crippen MR) is 80.0 cm³/mol. The maximum atomic E-state index is 12.3. The lowest BCUT2D eigenvalue weighted by Gasteiger charge is -2.41. The predicted octanol–water partition coefficient (Wildman–Crippen LogP) is 1.71. The SMILES string of the molecule is COC(=O)[C@@H]1C2C[C@@H](O)[C@H](C[C@@H]1c1ccc(C)cc1)N2C. The van der Waals surface area contributed by atoms with Crippen molar-refractivity contribution < 1.29 is 14.6 Å². The average molecular weight is 289 g/mol. The molecule has 3 rings (SSSR count). The van der Waals surface area contributed by atoms with Gasteiger partial charge in [-0.05, 0) is 32.4 Å². The number of carbonyl (C=O) groups is 1. The summed E-state index contributed by atoms with van der Waals surface area (Å²) in [4.78, 5) is 14.5. The zero-order chi connectivity index (χ0) is 15.1. The van der Waals surface area contributed by atoms with Crippen molar-refractivity contribution >= 4 is 5.97 Å². The molecule has 2 heterocycles. The largest absolute Gasteiger partial charge is 0.469 e. The molecule has 114 valence electrons. The van der Waals surface area contributed by atoms with Gasteiger partial charge in [0.1, 0.15) is 0 Å². The van der Waals surface area contributed by atoms with E-state index in [9.17, 15) is 9.90 Å². The van der Waals surface area contributed by atoms with Gasteiger partial charge in [-0.15, -0.1) is 0 Å². The first-order valence-electron chi connectivity index (χ1n) is 7.57. The summed E-state index contributed by atoms with van der Waals surface area (Å²) in [6.07, 6.45) is 1.11. The van der Waals surface area contributed by atoms with Crippen LogP contribution in [0.5, 0.6) is 0 Å². The van der Waals surface area contributed by atoms with E-state index in [0.29, 0.717) is 6.42 Å². The van der Waals surface area contributed by atoms with Crippen LogP contribution in [0, 0.1) is 12.8 Å². The molecule has 1 aromatic carbocycles. The van der Waals surface area contributed by atoms with Crippen molar-refractivity contribution in [3.05, 3.63) is 35.4 Å². The van der Waals surface area contributed by atoms with Crippen LogP contribution in [0.1, 0.15) is 29.9 Å². The number of benzene rings is 1. The van der Waals surface area contributed by atoms with E-state index in [1.165, 1.54) is 18.2 Å². The maximum Gasteiger partial charge on any atom is 0.310 e. The Morgan fingerprint density at radius 1 is 1.24 bits per heavy atom. The number of nitrogens with zero attached hydrogens (tertiary/aromatic N) is 1. The lowest BCUT2D eigenvalue weighted by molar-refractivity contribution is -0.150. The number of rotatable bonds is 2. The van der Waals surface area contributed by atoms with E-state index in [4.69, 9.17) is 4.74 Å². The van der Waals surface area contributed by atoms with Crippen molar-refractivity contribution in [2.24, 2.45) is 5.92 Å². The molecule has 21 heavy (non-hydrogen) atoms. The molecule has 0 radical (unpaired) electrons. The molecule has 0 aromatic heterocycles. The third-order valence-corrected chi connectivity index (χ3v) is 5.30. The summed E-state index contributed by atoms with van der Waals surface area (Å²) in [5.74, 6) is -0.234. The Bertz CT molecular complexity index is 527. The van der Waals surface area contributed by atoms with Gasteiger partial charge < -0.3 is 9.84 Å². The van der Waals surface area contributed by atoms with Crippen LogP contribution in [-0.4, -0.2) is 48.3 Å². The molecule has 2 aliphatic rings. The Morgan fingerprint density at radius 2 is 1.90 bits per heavy atom. The summed E-state index contributed by atoms with van der Waals surface area (Å²) in [7, 11) is 3.46. The van der Waals surface area contributed by atoms with E-state index in [2.05, 4.69) is 36.1 Å². The lowest BCUT2D eigenvalue weighted by atomic mass is 9.76. The van der Waals surface area contributed by atoms with Crippen LogP contribution < -0.4 is 0 Å². The highest BCUT2D eigenvalue weighted by Gasteiger charge is 2.53. The van der Waals surface area contributed by atoms with E-state index in [1.807, 2.05) is 7.05 Å². The van der Waals surface area contributed by atoms with Crippen LogP contribution in [0.15, 0.2) is 24.3 Å². The van der Waals surface area contributed by atoms with E-state index in [0.717, 1.165) is 6.42 Å². The van der Waals surface area contributed by atoms with E-state index >= 15 is 0 Å². The van der Waals surface area contributed by atoms with Crippen LogP contribution >= 0.6 is 0 Å². The number of esters is 1. The molecule has 1 unspecified atom stereocenters. The second kappa shape index (κ2) is 5.43. The van der Waals surface area contributed by atoms with Crippen LogP contribution in [0.4, 0.5) is 0 Å². The molecule has 2 aliphatic heterocycles. The molecule has 2 fully saturated rings. The number of fused-ring (bicyclic) bond motifs is 2. The van der Waals surface area contributed by atoms with E-state index < -0.39 is 0 Å². The first-order valence-corrected chi connectivity index (χ1v) is 7.57. The molecule has 4 heteroatoms. The number of methoxy groups -OCH3 is 1. The highest BCUT2D eigenvalue weighted by atomic mass is 16.5. The molecule has 0 spiro atoms. The number of piperidine rings is 1. The van der Waals surface area contributed by atoms with Gasteiger partial charge in [-0.1, -0.05) is 29.8 Å². The number of aryl methyl sites for hydroxylation is 1. The van der Waals surface area contributed by atoms with Gasteiger partial charge in [0.25, 0.3) is 0 Å². The van der Waals surface area contributed by atoms with Gasteiger partial charge in [0, 0.05) is 18.0 Å². The summed E-state index contributed by atoms with van der Waals surface area (Å²) >= 11 is 0. The third-order valence-electron chi connectivity index (χ3n) is 5.30. The smallest absolute Gasteiger partial charge is 0.310 e. The Labute approximate surface area is 125 Å². The third kappa shape index (κ3) is 2.36. The zero-order valence-corrected chi connectivity index (χ0v) is 12.8. The molecular weight excluding hydrogens is 266 g/mol. The molecule has 1 N–H and O–H groups in total. The summed E-state index contributed by atoms with van der Waals surface area (Å²) in [6.45, 7) is 2.06. The minimum atomic E-state index is -0.345. The van der Waals surface area contributed by atoms with Gasteiger partial charge in [0.15, 0.2) is 0 Å². The van der Waals surface area contributed by atoms with Gasteiger partial charge in [0.05, 0.1) is 19.1 Å². The fraction of sp³-hybridized carbons (Fsp3) is 0.588. The first-order chi connectivity index (χ1) is 10.0. The minimum Gasteiger partial charge on any atom is -0.469 e. The average Bonchev–Trinajstić information content (AvgIpc) is 2.66. The van der Waals surface area contributed by atoms with Crippen molar-refractivity contribution in [1.82, 2.24) is 4.90 Å². The highest BCUT2D eigenvalue weighted by molar-refractivity contribution is 5.75. The number of hydrogen-bond donors (Lipinski definition) is 1. The Hall–Kier alpha value is -1.39. The lowest BCUT2D eigenvalue weighted by Crippen LogP contribution is -2.49. The number of aliphatic hydroxyl groups is 1. The summed E-state index contributed by atoms with van der Waals surface area (Å²) in [5, 5.41) is 10.3. The Morgan fingerprint density at radius 3 is 2.52 bits per heavy atom. The number of carbonyl (C=O) groups excluding carboxylic acids is 1. The van der Waals surface area contributed by atoms with Crippen molar-refractivity contribution in [2.45, 2.75) is 43.9 Å². The van der Waals surface area contributed by atoms with Crippen molar-refractivity contribution in [3.63, 3.8) is 0 Å². The topological polar surface area (TPSA) is 49.8 Å². The Balaban J connectivity index is 1.97. The molecule has 1 aromatic rings. The second-order valence-corrected chi connectivity index (χ2v) is 6.41. The van der Waals surface area contributed by atoms with Gasteiger partial charge >= 0.3 is 5.97 Å².